The van der Waals surface area contributed by atoms with Crippen LogP contribution in [0, 0.1) is 0 Å². The lowest BCUT2D eigenvalue weighted by Crippen LogP contribution is -2.54. The number of likely N-dealkylation sites (N-methyl/N-ethyl adjacent to an activating group) is 1. The van der Waals surface area contributed by atoms with Gasteiger partial charge in [-0.15, -0.1) is 0 Å². The van der Waals surface area contributed by atoms with Crippen LogP contribution < -0.4 is 0 Å². The molecule has 5 heteroatoms. The maximum absolute atomic E-state index is 11.4. The molecular formula is C11H23NO4. The summed E-state index contributed by atoms with van der Waals surface area (Å²) in [6.45, 7) is 5.93. The fourth-order valence-corrected chi connectivity index (χ4v) is 1.66. The zero-order chi connectivity index (χ0) is 12.6. The second-order valence-electron chi connectivity index (χ2n) is 3.89. The average molecular weight is 233 g/mol. The highest BCUT2D eigenvalue weighted by Crippen LogP contribution is 2.19. The minimum Gasteiger partial charge on any atom is -0.480 e. The van der Waals surface area contributed by atoms with Crippen LogP contribution >= 0.6 is 0 Å². The first kappa shape index (κ1) is 15.3. The van der Waals surface area contributed by atoms with Crippen LogP contribution in [0.15, 0.2) is 0 Å². The van der Waals surface area contributed by atoms with Gasteiger partial charge in [0.1, 0.15) is 5.54 Å². The van der Waals surface area contributed by atoms with Crippen LogP contribution in [0.2, 0.25) is 0 Å². The first-order valence-electron chi connectivity index (χ1n) is 5.49. The van der Waals surface area contributed by atoms with Gasteiger partial charge in [-0.25, -0.2) is 0 Å². The van der Waals surface area contributed by atoms with Gasteiger partial charge in [0.25, 0.3) is 0 Å². The molecule has 0 aromatic heterocycles. The van der Waals surface area contributed by atoms with Gasteiger partial charge in [0.05, 0.1) is 6.61 Å². The lowest BCUT2D eigenvalue weighted by Gasteiger charge is -2.37. The van der Waals surface area contributed by atoms with Gasteiger partial charge in [-0.1, -0.05) is 6.92 Å². The summed E-state index contributed by atoms with van der Waals surface area (Å²) in [4.78, 5) is 13.3. The highest BCUT2D eigenvalue weighted by Gasteiger charge is 2.38. The van der Waals surface area contributed by atoms with E-state index in [1.807, 2.05) is 11.8 Å². The van der Waals surface area contributed by atoms with Crippen molar-refractivity contribution < 1.29 is 19.4 Å². The highest BCUT2D eigenvalue weighted by molar-refractivity contribution is 5.78. The summed E-state index contributed by atoms with van der Waals surface area (Å²) in [5, 5.41) is 9.32. The van der Waals surface area contributed by atoms with Gasteiger partial charge in [0.15, 0.2) is 0 Å². The fraction of sp³-hybridized carbons (Fsp3) is 0.909. The zero-order valence-electron chi connectivity index (χ0n) is 10.7. The van der Waals surface area contributed by atoms with Gasteiger partial charge >= 0.3 is 5.97 Å². The molecule has 0 saturated carbocycles. The molecule has 96 valence electrons. The quantitative estimate of drug-likeness (QED) is 0.639. The Morgan fingerprint density at radius 3 is 2.25 bits per heavy atom. The van der Waals surface area contributed by atoms with Crippen molar-refractivity contribution in [1.29, 1.82) is 0 Å². The van der Waals surface area contributed by atoms with E-state index in [4.69, 9.17) is 9.47 Å². The van der Waals surface area contributed by atoms with E-state index in [1.54, 1.807) is 21.1 Å². The topological polar surface area (TPSA) is 59.0 Å². The number of nitrogens with zero attached hydrogens (tertiary/aromatic N) is 1. The average Bonchev–Trinajstić information content (AvgIpc) is 2.27. The fourth-order valence-electron chi connectivity index (χ4n) is 1.66. The third-order valence-electron chi connectivity index (χ3n) is 2.90. The monoisotopic (exact) mass is 233 g/mol. The summed E-state index contributed by atoms with van der Waals surface area (Å²) in [6.07, 6.45) is 0.469. The largest absolute Gasteiger partial charge is 0.480 e. The zero-order valence-corrected chi connectivity index (χ0v) is 10.7. The number of carbonyl (C=O) groups is 1. The van der Waals surface area contributed by atoms with Crippen LogP contribution in [-0.4, -0.2) is 62.0 Å². The Hall–Kier alpha value is -0.650. The number of carboxylic acid groups (broad SMARTS) is 1. The van der Waals surface area contributed by atoms with E-state index < -0.39 is 11.5 Å². The Bertz CT molecular complexity index is 210. The van der Waals surface area contributed by atoms with Crippen LogP contribution in [-0.2, 0) is 14.3 Å². The summed E-state index contributed by atoms with van der Waals surface area (Å²) in [5.74, 6) is -0.817. The van der Waals surface area contributed by atoms with Gasteiger partial charge in [-0.3, -0.25) is 9.69 Å². The third kappa shape index (κ3) is 4.08. The van der Waals surface area contributed by atoms with Crippen molar-refractivity contribution in [1.82, 2.24) is 4.90 Å². The second-order valence-corrected chi connectivity index (χ2v) is 3.89. The van der Waals surface area contributed by atoms with E-state index in [1.165, 1.54) is 0 Å². The summed E-state index contributed by atoms with van der Waals surface area (Å²) < 4.78 is 9.95. The molecule has 0 aliphatic rings. The Kier molecular flexibility index (Phi) is 7.29. The molecule has 0 rings (SSSR count). The minimum atomic E-state index is -0.886. The number of carboxylic acids is 1. The van der Waals surface area contributed by atoms with Crippen LogP contribution in [0.1, 0.15) is 20.3 Å². The SMILES string of the molecule is CCN(CCOC)C(C)(CCOC)C(=O)O. The first-order valence-corrected chi connectivity index (χ1v) is 5.49. The number of methoxy groups -OCH3 is 2. The van der Waals surface area contributed by atoms with Crippen LogP contribution in [0.4, 0.5) is 0 Å². The van der Waals surface area contributed by atoms with Crippen molar-refractivity contribution in [2.75, 3.05) is 40.5 Å². The molecule has 5 nitrogen and oxygen atoms in total. The van der Waals surface area contributed by atoms with E-state index >= 15 is 0 Å². The maximum atomic E-state index is 11.4. The maximum Gasteiger partial charge on any atom is 0.323 e. The van der Waals surface area contributed by atoms with Gasteiger partial charge in [-0.2, -0.15) is 0 Å². The summed E-state index contributed by atoms with van der Waals surface area (Å²) in [6, 6.07) is 0. The van der Waals surface area contributed by atoms with Crippen molar-refractivity contribution in [3.63, 3.8) is 0 Å². The summed E-state index contributed by atoms with van der Waals surface area (Å²) >= 11 is 0. The van der Waals surface area contributed by atoms with Crippen molar-refractivity contribution in [3.8, 4) is 0 Å². The van der Waals surface area contributed by atoms with Crippen molar-refractivity contribution in [3.05, 3.63) is 0 Å². The molecule has 16 heavy (non-hydrogen) atoms. The molecule has 0 aromatic carbocycles. The van der Waals surface area contributed by atoms with Crippen LogP contribution in [0.5, 0.6) is 0 Å². The molecule has 0 aromatic rings. The van der Waals surface area contributed by atoms with Gasteiger partial charge in [-0.05, 0) is 19.9 Å². The van der Waals surface area contributed by atoms with Crippen molar-refractivity contribution in [2.45, 2.75) is 25.8 Å². The molecule has 0 spiro atoms. The lowest BCUT2D eigenvalue weighted by atomic mass is 9.96. The van der Waals surface area contributed by atoms with E-state index in [0.29, 0.717) is 32.7 Å². The predicted octanol–water partition coefficient (Wildman–Crippen LogP) is 0.835. The number of ether oxygens (including phenoxy) is 2. The molecule has 0 saturated heterocycles. The number of hydrogen-bond donors (Lipinski definition) is 1. The van der Waals surface area contributed by atoms with Crippen LogP contribution in [0.3, 0.4) is 0 Å². The van der Waals surface area contributed by atoms with Crippen molar-refractivity contribution in [2.24, 2.45) is 0 Å². The number of rotatable bonds is 9. The Balaban J connectivity index is 4.62. The normalized spacial score (nSPS) is 15.1. The van der Waals surface area contributed by atoms with E-state index in [0.717, 1.165) is 0 Å². The van der Waals surface area contributed by atoms with Gasteiger partial charge in [0, 0.05) is 27.4 Å². The Labute approximate surface area is 97.3 Å². The number of aliphatic carboxylic acids is 1. The predicted molar refractivity (Wildman–Crippen MR) is 61.7 cm³/mol. The number of hydrogen-bond acceptors (Lipinski definition) is 4. The third-order valence-corrected chi connectivity index (χ3v) is 2.90. The molecule has 1 atom stereocenters. The first-order chi connectivity index (χ1) is 7.52. The van der Waals surface area contributed by atoms with Gasteiger partial charge < -0.3 is 14.6 Å². The molecular weight excluding hydrogens is 210 g/mol. The molecule has 1 unspecified atom stereocenters. The Morgan fingerprint density at radius 2 is 1.88 bits per heavy atom. The van der Waals surface area contributed by atoms with Crippen molar-refractivity contribution >= 4 is 5.97 Å². The lowest BCUT2D eigenvalue weighted by molar-refractivity contribution is -0.152. The minimum absolute atomic E-state index is 0.437. The van der Waals surface area contributed by atoms with E-state index in [-0.39, 0.29) is 0 Å². The molecule has 1 N–H and O–H groups in total. The van der Waals surface area contributed by atoms with E-state index in [9.17, 15) is 9.90 Å². The Morgan fingerprint density at radius 1 is 1.31 bits per heavy atom. The molecule has 0 aliphatic carbocycles. The van der Waals surface area contributed by atoms with Gasteiger partial charge in [0.2, 0.25) is 0 Å². The summed E-state index contributed by atoms with van der Waals surface area (Å²) in [5.41, 5.74) is -0.886. The molecule has 0 amide bonds. The standard InChI is InChI=1S/C11H23NO4/c1-5-12(7-9-16-4)11(2,10(13)14)6-8-15-3/h5-9H2,1-4H3,(H,13,14). The van der Waals surface area contributed by atoms with Crippen LogP contribution in [0.25, 0.3) is 0 Å². The molecule has 0 fully saturated rings. The molecule has 0 radical (unpaired) electrons. The van der Waals surface area contributed by atoms with E-state index in [2.05, 4.69) is 0 Å². The molecule has 0 bridgehead atoms. The molecule has 0 aliphatic heterocycles. The molecule has 0 heterocycles. The second kappa shape index (κ2) is 7.60. The highest BCUT2D eigenvalue weighted by atomic mass is 16.5. The summed E-state index contributed by atoms with van der Waals surface area (Å²) in [7, 11) is 3.19. The smallest absolute Gasteiger partial charge is 0.323 e.